The molecule has 0 bridgehead atoms. The summed E-state index contributed by atoms with van der Waals surface area (Å²) in [5.74, 6) is -1.22. The van der Waals surface area contributed by atoms with Crippen LogP contribution in [0.15, 0.2) is 24.3 Å². The number of rotatable bonds is 5. The van der Waals surface area contributed by atoms with Gasteiger partial charge in [0.25, 0.3) is 11.8 Å². The predicted molar refractivity (Wildman–Crippen MR) is 77.6 cm³/mol. The van der Waals surface area contributed by atoms with Crippen molar-refractivity contribution in [3.05, 3.63) is 24.3 Å². The summed E-state index contributed by atoms with van der Waals surface area (Å²) in [5.41, 5.74) is 5.32. The number of primary amides is 1. The van der Waals surface area contributed by atoms with Crippen molar-refractivity contribution in [1.29, 1.82) is 0 Å². The number of carbonyl (C=O) groups excluding carboxylic acids is 4. The highest BCUT2D eigenvalue weighted by Gasteiger charge is 2.25. The lowest BCUT2D eigenvalue weighted by Gasteiger charge is -2.28. The van der Waals surface area contributed by atoms with Crippen molar-refractivity contribution in [1.82, 2.24) is 5.32 Å². The van der Waals surface area contributed by atoms with Gasteiger partial charge in [-0.2, -0.15) is 0 Å². The fourth-order valence-electron chi connectivity index (χ4n) is 1.99. The second-order valence-electron chi connectivity index (χ2n) is 4.62. The minimum atomic E-state index is -1.03. The number of esters is 1. The van der Waals surface area contributed by atoms with E-state index in [-0.39, 0.29) is 25.5 Å². The molecule has 122 valence electrons. The van der Waals surface area contributed by atoms with E-state index in [9.17, 15) is 19.2 Å². The number of hydrogen-bond donors (Lipinski definition) is 2. The first-order valence-electron chi connectivity index (χ1n) is 6.74. The van der Waals surface area contributed by atoms with Crippen LogP contribution in [0.5, 0.6) is 5.75 Å². The van der Waals surface area contributed by atoms with E-state index < -0.39 is 24.5 Å². The number of fused-ring (bicyclic) bond motifs is 1. The Morgan fingerprint density at radius 2 is 2.04 bits per heavy atom. The van der Waals surface area contributed by atoms with Crippen LogP contribution in [0.25, 0.3) is 0 Å². The number of urea groups is 1. The number of anilines is 1. The fourth-order valence-corrected chi connectivity index (χ4v) is 1.99. The van der Waals surface area contributed by atoms with Gasteiger partial charge in [-0.25, -0.2) is 4.79 Å². The van der Waals surface area contributed by atoms with Gasteiger partial charge in [0.1, 0.15) is 5.75 Å². The van der Waals surface area contributed by atoms with Crippen molar-refractivity contribution in [2.75, 3.05) is 24.7 Å². The molecule has 0 aliphatic carbocycles. The lowest BCUT2D eigenvalue weighted by Crippen LogP contribution is -2.40. The molecule has 2 rings (SSSR count). The predicted octanol–water partition coefficient (Wildman–Crippen LogP) is -0.460. The molecular weight excluding hydrogens is 306 g/mol. The van der Waals surface area contributed by atoms with E-state index in [0.717, 1.165) is 0 Å². The fraction of sp³-hybridized carbons (Fsp3) is 0.286. The molecule has 0 atom stereocenters. The zero-order valence-electron chi connectivity index (χ0n) is 12.1. The molecule has 1 aliphatic rings. The molecule has 23 heavy (non-hydrogen) atoms. The Morgan fingerprint density at radius 3 is 2.78 bits per heavy atom. The molecule has 0 spiro atoms. The van der Waals surface area contributed by atoms with E-state index in [1.807, 2.05) is 0 Å². The number of nitrogens with one attached hydrogen (secondary N) is 1. The van der Waals surface area contributed by atoms with Crippen LogP contribution in [0, 0.1) is 0 Å². The molecule has 1 aromatic rings. The maximum atomic E-state index is 11.9. The second-order valence-corrected chi connectivity index (χ2v) is 4.62. The topological polar surface area (TPSA) is 128 Å². The van der Waals surface area contributed by atoms with Crippen LogP contribution in [0.2, 0.25) is 0 Å². The normalized spacial score (nSPS) is 12.9. The molecule has 9 heteroatoms. The number of nitrogens with zero attached hydrogens (tertiary/aromatic N) is 1. The Kier molecular flexibility index (Phi) is 5.13. The van der Waals surface area contributed by atoms with Crippen LogP contribution in [-0.2, 0) is 19.1 Å². The molecule has 1 aliphatic heterocycles. The highest BCUT2D eigenvalue weighted by atomic mass is 16.5. The Labute approximate surface area is 131 Å². The summed E-state index contributed by atoms with van der Waals surface area (Å²) >= 11 is 0. The Balaban J connectivity index is 1.86. The smallest absolute Gasteiger partial charge is 0.318 e. The zero-order valence-corrected chi connectivity index (χ0v) is 12.1. The quantitative estimate of drug-likeness (QED) is 0.706. The van der Waals surface area contributed by atoms with Gasteiger partial charge in [0.15, 0.2) is 13.2 Å². The summed E-state index contributed by atoms with van der Waals surface area (Å²) in [4.78, 5) is 46.5. The number of nitrogens with two attached hydrogens (primary N) is 1. The first-order valence-corrected chi connectivity index (χ1v) is 6.74. The minimum absolute atomic E-state index is 0.0927. The summed E-state index contributed by atoms with van der Waals surface area (Å²) in [7, 11) is 0. The van der Waals surface area contributed by atoms with Gasteiger partial charge in [0.2, 0.25) is 0 Å². The van der Waals surface area contributed by atoms with Gasteiger partial charge in [0.05, 0.1) is 12.1 Å². The largest absolute Gasteiger partial charge is 0.482 e. The summed E-state index contributed by atoms with van der Waals surface area (Å²) in [5, 5.41) is 1.77. The lowest BCUT2D eigenvalue weighted by atomic mass is 10.2. The Hall–Kier alpha value is -3.10. The van der Waals surface area contributed by atoms with Crippen molar-refractivity contribution in [3.63, 3.8) is 0 Å². The van der Waals surface area contributed by atoms with Gasteiger partial charge in [-0.1, -0.05) is 12.1 Å². The molecule has 1 heterocycles. The molecule has 0 aromatic heterocycles. The van der Waals surface area contributed by atoms with E-state index in [1.54, 1.807) is 29.6 Å². The van der Waals surface area contributed by atoms with E-state index in [1.165, 1.54) is 4.90 Å². The van der Waals surface area contributed by atoms with E-state index in [2.05, 4.69) is 0 Å². The maximum Gasteiger partial charge on any atom is 0.318 e. The average molecular weight is 321 g/mol. The summed E-state index contributed by atoms with van der Waals surface area (Å²) in [6.07, 6.45) is -0.107. The zero-order chi connectivity index (χ0) is 16.8. The van der Waals surface area contributed by atoms with Crippen molar-refractivity contribution in [3.8, 4) is 5.75 Å². The van der Waals surface area contributed by atoms with Crippen LogP contribution < -0.4 is 20.7 Å². The summed E-state index contributed by atoms with van der Waals surface area (Å²) < 4.78 is 9.98. The van der Waals surface area contributed by atoms with Crippen molar-refractivity contribution >= 4 is 29.5 Å². The Morgan fingerprint density at radius 1 is 1.30 bits per heavy atom. The SMILES string of the molecule is NC(=O)NC(=O)COC(=O)CCN1C(=O)COc2ccccc21. The van der Waals surface area contributed by atoms with E-state index >= 15 is 0 Å². The first kappa shape index (κ1) is 16.3. The average Bonchev–Trinajstić information content (AvgIpc) is 2.51. The molecule has 0 saturated carbocycles. The van der Waals surface area contributed by atoms with Crippen LogP contribution in [0.1, 0.15) is 6.42 Å². The summed E-state index contributed by atoms with van der Waals surface area (Å²) in [6, 6.07) is 5.93. The third kappa shape index (κ3) is 4.43. The van der Waals surface area contributed by atoms with E-state index in [4.69, 9.17) is 15.2 Å². The van der Waals surface area contributed by atoms with Crippen LogP contribution in [-0.4, -0.2) is 43.6 Å². The lowest BCUT2D eigenvalue weighted by molar-refractivity contribution is -0.148. The molecule has 3 N–H and O–H groups in total. The van der Waals surface area contributed by atoms with Gasteiger partial charge < -0.3 is 20.1 Å². The van der Waals surface area contributed by atoms with Crippen molar-refractivity contribution in [2.45, 2.75) is 6.42 Å². The molecule has 9 nitrogen and oxygen atoms in total. The molecule has 1 aromatic carbocycles. The third-order valence-corrected chi connectivity index (χ3v) is 2.97. The monoisotopic (exact) mass is 321 g/mol. The number of ether oxygens (including phenoxy) is 2. The van der Waals surface area contributed by atoms with Gasteiger partial charge >= 0.3 is 12.0 Å². The van der Waals surface area contributed by atoms with Crippen molar-refractivity contribution < 1.29 is 28.7 Å². The van der Waals surface area contributed by atoms with Crippen LogP contribution >= 0.6 is 0 Å². The second kappa shape index (κ2) is 7.25. The minimum Gasteiger partial charge on any atom is -0.482 e. The maximum absolute atomic E-state index is 11.9. The molecule has 0 saturated heterocycles. The van der Waals surface area contributed by atoms with Gasteiger partial charge in [0, 0.05) is 6.54 Å². The molecule has 0 unspecified atom stereocenters. The highest BCUT2D eigenvalue weighted by Crippen LogP contribution is 2.31. The summed E-state index contributed by atoms with van der Waals surface area (Å²) in [6.45, 7) is -0.627. The molecular formula is C14H15N3O6. The number of carbonyl (C=O) groups is 4. The van der Waals surface area contributed by atoms with E-state index in [0.29, 0.717) is 11.4 Å². The molecule has 0 radical (unpaired) electrons. The number of imide groups is 1. The standard InChI is InChI=1S/C14H15N3O6/c15-14(21)16-11(18)7-23-13(20)5-6-17-9-3-1-2-4-10(9)22-8-12(17)19/h1-4H,5-8H2,(H3,15,16,18,21). The number of hydrogen-bond acceptors (Lipinski definition) is 6. The molecule has 0 fully saturated rings. The highest BCUT2D eigenvalue weighted by molar-refractivity contribution is 5.98. The number of amides is 4. The van der Waals surface area contributed by atoms with Crippen molar-refractivity contribution in [2.24, 2.45) is 5.73 Å². The third-order valence-electron chi connectivity index (χ3n) is 2.97. The Bertz CT molecular complexity index is 645. The number of benzene rings is 1. The van der Waals surface area contributed by atoms with Gasteiger partial charge in [-0.3, -0.25) is 19.7 Å². The first-order chi connectivity index (χ1) is 11.0. The number of para-hydroxylation sites is 2. The van der Waals surface area contributed by atoms with Crippen LogP contribution in [0.3, 0.4) is 0 Å². The van der Waals surface area contributed by atoms with Gasteiger partial charge in [-0.15, -0.1) is 0 Å². The molecule has 4 amide bonds. The van der Waals surface area contributed by atoms with Crippen LogP contribution in [0.4, 0.5) is 10.5 Å². The van der Waals surface area contributed by atoms with Gasteiger partial charge in [-0.05, 0) is 12.1 Å².